The van der Waals surface area contributed by atoms with Gasteiger partial charge < -0.3 is 14.8 Å². The van der Waals surface area contributed by atoms with Gasteiger partial charge in [-0.2, -0.15) is 0 Å². The first kappa shape index (κ1) is 21.3. The van der Waals surface area contributed by atoms with E-state index in [9.17, 15) is 19.5 Å². The maximum atomic E-state index is 13.2. The number of aliphatic carboxylic acids is 1. The highest BCUT2D eigenvalue weighted by Gasteiger charge is 2.60. The van der Waals surface area contributed by atoms with E-state index >= 15 is 0 Å². The van der Waals surface area contributed by atoms with Gasteiger partial charge >= 0.3 is 0 Å². The van der Waals surface area contributed by atoms with Crippen molar-refractivity contribution in [1.82, 2.24) is 4.90 Å². The first-order chi connectivity index (χ1) is 13.2. The Morgan fingerprint density at radius 2 is 1.75 bits per heavy atom. The number of amides is 1. The van der Waals surface area contributed by atoms with Crippen molar-refractivity contribution in [3.05, 3.63) is 0 Å². The number of carbonyl (C=O) groups is 3. The van der Waals surface area contributed by atoms with Gasteiger partial charge in [0.05, 0.1) is 0 Å². The number of hydrogen-bond donors (Lipinski definition) is 0. The third kappa shape index (κ3) is 3.29. The smallest absolute Gasteiger partial charge is 0.226 e. The quantitative estimate of drug-likeness (QED) is 0.699. The van der Waals surface area contributed by atoms with Crippen molar-refractivity contribution in [2.45, 2.75) is 79.1 Å². The molecule has 158 valence electrons. The predicted molar refractivity (Wildman–Crippen MR) is 105 cm³/mol. The minimum Gasteiger partial charge on any atom is -0.550 e. The van der Waals surface area contributed by atoms with Crippen LogP contribution in [0.5, 0.6) is 0 Å². The van der Waals surface area contributed by atoms with Crippen LogP contribution in [0.25, 0.3) is 0 Å². The molecule has 0 radical (unpaired) electrons. The summed E-state index contributed by atoms with van der Waals surface area (Å²) >= 11 is 0. The van der Waals surface area contributed by atoms with E-state index in [1.807, 2.05) is 25.7 Å². The van der Waals surface area contributed by atoms with Crippen molar-refractivity contribution < 1.29 is 19.5 Å². The van der Waals surface area contributed by atoms with Crippen LogP contribution in [0, 0.1) is 34.5 Å². The fourth-order valence-electron chi connectivity index (χ4n) is 7.12. The van der Waals surface area contributed by atoms with Gasteiger partial charge in [0.15, 0.2) is 0 Å². The zero-order chi connectivity index (χ0) is 20.7. The minimum absolute atomic E-state index is 0.0104. The molecule has 0 aromatic carbocycles. The number of hydrogen-bond acceptors (Lipinski definition) is 4. The predicted octanol–water partition coefficient (Wildman–Crippen LogP) is 2.81. The lowest BCUT2D eigenvalue weighted by atomic mass is 9.48. The molecule has 3 fully saturated rings. The number of carboxylic acid groups (broad SMARTS) is 1. The number of carbonyl (C=O) groups excluding carboxylic acids is 3. The first-order valence-electron chi connectivity index (χ1n) is 11.2. The van der Waals surface area contributed by atoms with Gasteiger partial charge in [-0.05, 0) is 82.0 Å². The van der Waals surface area contributed by atoms with Gasteiger partial charge in [-0.25, -0.2) is 0 Å². The normalized spacial score (nSPS) is 39.9. The Labute approximate surface area is 169 Å². The molecule has 3 rings (SSSR count). The molecule has 0 N–H and O–H groups in total. The SMILES string of the molecule is CCN(CC)C(=O)[C@@H]1CC[C@@H]2[C@@H]3CCC(=O)[C@@](C)(CCC(=O)[O-])[C@@H]3CC[C@@]21C. The molecule has 5 nitrogen and oxygen atoms in total. The summed E-state index contributed by atoms with van der Waals surface area (Å²) in [5.74, 6) is 0.692. The average Bonchev–Trinajstić information content (AvgIpc) is 3.01. The van der Waals surface area contributed by atoms with Gasteiger partial charge in [0.2, 0.25) is 5.91 Å². The molecule has 6 atom stereocenters. The fraction of sp³-hybridized carbons (Fsp3) is 0.870. The van der Waals surface area contributed by atoms with E-state index in [-0.39, 0.29) is 29.5 Å². The lowest BCUT2D eigenvalue weighted by Crippen LogP contribution is -2.53. The molecule has 5 heteroatoms. The molecule has 0 saturated heterocycles. The highest BCUT2D eigenvalue weighted by atomic mass is 16.4. The third-order valence-electron chi connectivity index (χ3n) is 8.82. The first-order valence-corrected chi connectivity index (χ1v) is 11.2. The van der Waals surface area contributed by atoms with Gasteiger partial charge in [-0.15, -0.1) is 0 Å². The van der Waals surface area contributed by atoms with Crippen LogP contribution in [0.4, 0.5) is 0 Å². The zero-order valence-electron chi connectivity index (χ0n) is 18.0. The Kier molecular flexibility index (Phi) is 5.94. The summed E-state index contributed by atoms with van der Waals surface area (Å²) in [6, 6.07) is 0. The van der Waals surface area contributed by atoms with Crippen LogP contribution in [0.15, 0.2) is 0 Å². The van der Waals surface area contributed by atoms with Crippen LogP contribution in [-0.4, -0.2) is 35.6 Å². The monoisotopic (exact) mass is 390 g/mol. The van der Waals surface area contributed by atoms with E-state index in [2.05, 4.69) is 6.92 Å². The standard InChI is InChI=1S/C23H37NO4/c1-5-24(6-2)21(28)18-9-8-16-15-7-10-19(25)23(4,14-12-20(26)27)17(15)11-13-22(16,18)3/h15-18H,5-14H2,1-4H3,(H,26,27)/p-1/t15-,16+,17+,18-,22-,23-/m0/s1. The van der Waals surface area contributed by atoms with Crippen molar-refractivity contribution >= 4 is 17.7 Å². The van der Waals surface area contributed by atoms with Crippen molar-refractivity contribution in [2.24, 2.45) is 34.5 Å². The van der Waals surface area contributed by atoms with Crippen molar-refractivity contribution in [3.8, 4) is 0 Å². The molecular formula is C23H36NO4-. The van der Waals surface area contributed by atoms with E-state index < -0.39 is 11.4 Å². The molecule has 1 amide bonds. The maximum absolute atomic E-state index is 13.2. The number of Topliss-reactive ketones (excluding diaryl/α,β-unsaturated/α-hetero) is 1. The van der Waals surface area contributed by atoms with Crippen molar-refractivity contribution in [2.75, 3.05) is 13.1 Å². The van der Waals surface area contributed by atoms with E-state index in [0.29, 0.717) is 30.6 Å². The lowest BCUT2D eigenvalue weighted by molar-refractivity contribution is -0.306. The molecule has 0 unspecified atom stereocenters. The number of ketones is 1. The molecule has 0 spiro atoms. The number of fused-ring (bicyclic) bond motifs is 3. The molecule has 0 aromatic rings. The minimum atomic E-state index is -1.07. The fourth-order valence-corrected chi connectivity index (χ4v) is 7.12. The molecule has 3 aliphatic rings. The third-order valence-corrected chi connectivity index (χ3v) is 8.82. The Balaban J connectivity index is 1.84. The number of nitrogens with zero attached hydrogens (tertiary/aromatic N) is 1. The van der Waals surface area contributed by atoms with Gasteiger partial charge in [0.25, 0.3) is 0 Å². The highest BCUT2D eigenvalue weighted by Crippen LogP contribution is 2.64. The summed E-state index contributed by atoms with van der Waals surface area (Å²) in [5, 5.41) is 11.1. The summed E-state index contributed by atoms with van der Waals surface area (Å²) in [6.45, 7) is 9.90. The van der Waals surface area contributed by atoms with Gasteiger partial charge in [-0.1, -0.05) is 13.8 Å². The summed E-state index contributed by atoms with van der Waals surface area (Å²) in [5.41, 5.74) is -0.540. The van der Waals surface area contributed by atoms with Crippen LogP contribution in [-0.2, 0) is 14.4 Å². The number of carboxylic acids is 1. The summed E-state index contributed by atoms with van der Waals surface area (Å²) in [7, 11) is 0. The maximum Gasteiger partial charge on any atom is 0.226 e. The Morgan fingerprint density at radius 3 is 2.36 bits per heavy atom. The van der Waals surface area contributed by atoms with Crippen molar-refractivity contribution in [3.63, 3.8) is 0 Å². The van der Waals surface area contributed by atoms with E-state index in [0.717, 1.165) is 45.2 Å². The van der Waals surface area contributed by atoms with Crippen molar-refractivity contribution in [1.29, 1.82) is 0 Å². The molecule has 0 aromatic heterocycles. The molecule has 0 aliphatic heterocycles. The Morgan fingerprint density at radius 1 is 1.07 bits per heavy atom. The molecule has 3 saturated carbocycles. The zero-order valence-corrected chi connectivity index (χ0v) is 18.0. The molecule has 0 heterocycles. The van der Waals surface area contributed by atoms with Gasteiger partial charge in [0.1, 0.15) is 5.78 Å². The second-order valence-electron chi connectivity index (χ2n) is 9.81. The summed E-state index contributed by atoms with van der Waals surface area (Å²) < 4.78 is 0. The highest BCUT2D eigenvalue weighted by molar-refractivity contribution is 5.86. The molecule has 3 aliphatic carbocycles. The lowest BCUT2D eigenvalue weighted by Gasteiger charge is -2.55. The topological polar surface area (TPSA) is 77.5 Å². The molecule has 0 bridgehead atoms. The Hall–Kier alpha value is -1.39. The second kappa shape index (κ2) is 7.79. The van der Waals surface area contributed by atoms with Crippen LogP contribution in [0.3, 0.4) is 0 Å². The summed E-state index contributed by atoms with van der Waals surface area (Å²) in [6.07, 6.45) is 5.68. The van der Waals surface area contributed by atoms with Crippen LogP contribution in [0.1, 0.15) is 79.1 Å². The second-order valence-corrected chi connectivity index (χ2v) is 9.81. The van der Waals surface area contributed by atoms with Crippen LogP contribution >= 0.6 is 0 Å². The summed E-state index contributed by atoms with van der Waals surface area (Å²) in [4.78, 5) is 39.0. The average molecular weight is 391 g/mol. The van der Waals surface area contributed by atoms with Gasteiger partial charge in [-0.3, -0.25) is 9.59 Å². The Bertz CT molecular complexity index is 643. The molecular weight excluding hydrogens is 354 g/mol. The van der Waals surface area contributed by atoms with E-state index in [1.165, 1.54) is 0 Å². The van der Waals surface area contributed by atoms with E-state index in [1.54, 1.807) is 0 Å². The van der Waals surface area contributed by atoms with E-state index in [4.69, 9.17) is 0 Å². The largest absolute Gasteiger partial charge is 0.550 e. The molecule has 28 heavy (non-hydrogen) atoms. The van der Waals surface area contributed by atoms with Gasteiger partial charge in [0, 0.05) is 36.8 Å². The van der Waals surface area contributed by atoms with Crippen LogP contribution < -0.4 is 5.11 Å². The number of rotatable bonds is 6. The van der Waals surface area contributed by atoms with Crippen LogP contribution in [0.2, 0.25) is 0 Å².